The van der Waals surface area contributed by atoms with Crippen molar-refractivity contribution in [1.29, 1.82) is 0 Å². The number of benzene rings is 7. The highest BCUT2D eigenvalue weighted by molar-refractivity contribution is 6.00. The van der Waals surface area contributed by atoms with E-state index < -0.39 is 103 Å². The van der Waals surface area contributed by atoms with Crippen molar-refractivity contribution in [3.05, 3.63) is 192 Å². The highest BCUT2D eigenvalue weighted by atomic mass is 16.3. The molecule has 9 rings (SSSR count). The number of aromatic nitrogens is 3. The Labute approximate surface area is 458 Å². The maximum atomic E-state index is 13.5. The van der Waals surface area contributed by atoms with Crippen LogP contribution < -0.4 is 0 Å². The third-order valence-corrected chi connectivity index (χ3v) is 13.2. The van der Waals surface area contributed by atoms with Crippen molar-refractivity contribution < 1.29 is 32.5 Å². The summed E-state index contributed by atoms with van der Waals surface area (Å²) in [6, 6.07) is 41.5. The van der Waals surface area contributed by atoms with Gasteiger partial charge in [0, 0.05) is 58.7 Å². The number of hydrogen-bond acceptors (Lipinski definition) is 3. The zero-order chi connectivity index (χ0) is 68.4. The summed E-state index contributed by atoms with van der Waals surface area (Å²) in [6.07, 6.45) is 1.73. The summed E-state index contributed by atoms with van der Waals surface area (Å²) in [4.78, 5) is 10.2. The molecule has 1 N–H and O–H groups in total. The molecular formula is C68H73N3O. The summed E-state index contributed by atoms with van der Waals surface area (Å²) >= 11 is 0. The van der Waals surface area contributed by atoms with Crippen LogP contribution in [0.1, 0.15) is 159 Å². The summed E-state index contributed by atoms with van der Waals surface area (Å²) in [5.41, 5.74) is -5.83. The monoisotopic (exact) mass is 968 g/mol. The standard InChI is InChI=1S/C68H73N3O/c1-64(2,3)48-36-46(35-47(37-48)58-38-45(33-34-69-58)51-29-22-23-31-56(51)67(10,11)12)52-30-24-32-59-60(52)70-63(55-41-50(66(7,8)9)42-57(62(55)72)68(13,14)15)71(59)61-53(43-25-18-16-19-26-43)39-49(65(4,5)6)40-54(61)44-27-20-17-21-28-44/h16-42,72H,1-15H3/i7D3,8D3,9D3,13D3,14D3,15D3,41D,42D. The molecule has 366 valence electrons. The van der Waals surface area contributed by atoms with Crippen LogP contribution in [-0.4, -0.2) is 19.6 Å². The second kappa shape index (κ2) is 18.2. The fraction of sp³-hybridized carbons (Fsp3) is 0.294. The Hall–Kier alpha value is -7.04. The van der Waals surface area contributed by atoms with Gasteiger partial charge in [0.1, 0.15) is 11.6 Å². The maximum absolute atomic E-state index is 13.5. The Bertz CT molecular complexity index is 4070. The van der Waals surface area contributed by atoms with Crippen LogP contribution in [0.15, 0.2) is 164 Å². The maximum Gasteiger partial charge on any atom is 0.149 e. The number of fused-ring (bicyclic) bond motifs is 1. The van der Waals surface area contributed by atoms with E-state index in [2.05, 4.69) is 32.9 Å². The number of para-hydroxylation sites is 1. The lowest BCUT2D eigenvalue weighted by Gasteiger charge is -2.28. The van der Waals surface area contributed by atoms with E-state index >= 15 is 0 Å². The Morgan fingerprint density at radius 2 is 1.01 bits per heavy atom. The minimum atomic E-state index is -4.46. The van der Waals surface area contributed by atoms with E-state index in [9.17, 15) is 7.85 Å². The van der Waals surface area contributed by atoms with Gasteiger partial charge < -0.3 is 5.11 Å². The smallest absolute Gasteiger partial charge is 0.149 e. The first-order valence-electron chi connectivity index (χ1n) is 34.1. The predicted molar refractivity (Wildman–Crippen MR) is 307 cm³/mol. The van der Waals surface area contributed by atoms with Gasteiger partial charge in [0.15, 0.2) is 0 Å². The molecule has 0 spiro atoms. The van der Waals surface area contributed by atoms with Gasteiger partial charge >= 0.3 is 0 Å². The molecule has 0 unspecified atom stereocenters. The minimum Gasteiger partial charge on any atom is -0.507 e. The third-order valence-electron chi connectivity index (χ3n) is 13.2. The highest BCUT2D eigenvalue weighted by Gasteiger charge is 2.31. The van der Waals surface area contributed by atoms with Gasteiger partial charge in [-0.2, -0.15) is 0 Å². The van der Waals surface area contributed by atoms with Gasteiger partial charge in [-0.25, -0.2) is 4.98 Å². The quantitative estimate of drug-likeness (QED) is 0.173. The molecule has 0 amide bonds. The second-order valence-electron chi connectivity index (χ2n) is 21.8. The fourth-order valence-electron chi connectivity index (χ4n) is 9.36. The van der Waals surface area contributed by atoms with Crippen LogP contribution in [0.3, 0.4) is 0 Å². The van der Waals surface area contributed by atoms with Gasteiger partial charge in [-0.05, 0) is 126 Å². The molecule has 72 heavy (non-hydrogen) atoms. The van der Waals surface area contributed by atoms with E-state index in [1.165, 1.54) is 4.57 Å². The van der Waals surface area contributed by atoms with E-state index in [1.807, 2.05) is 120 Å². The summed E-state index contributed by atoms with van der Waals surface area (Å²) in [6.45, 7) is -7.54. The van der Waals surface area contributed by atoms with Crippen molar-refractivity contribution in [2.24, 2.45) is 0 Å². The van der Waals surface area contributed by atoms with Crippen molar-refractivity contribution in [2.75, 3.05) is 0 Å². The molecule has 2 aromatic heterocycles. The summed E-state index contributed by atoms with van der Waals surface area (Å²) < 4.78 is 183. The molecule has 7 aromatic carbocycles. The number of phenolic OH excluding ortho intramolecular Hbond substituents is 1. The molecule has 0 radical (unpaired) electrons. The molecule has 4 heteroatoms. The zero-order valence-electron chi connectivity index (χ0n) is 62.2. The van der Waals surface area contributed by atoms with Crippen LogP contribution >= 0.6 is 0 Å². The predicted octanol–water partition coefficient (Wildman–Crippen LogP) is 18.6. The lowest BCUT2D eigenvalue weighted by atomic mass is 9.78. The molecule has 0 fully saturated rings. The molecule has 0 saturated carbocycles. The van der Waals surface area contributed by atoms with Crippen molar-refractivity contribution in [1.82, 2.24) is 14.5 Å². The van der Waals surface area contributed by atoms with Crippen LogP contribution in [0.2, 0.25) is 0 Å². The number of rotatable bonds is 7. The molecule has 2 heterocycles. The van der Waals surface area contributed by atoms with Crippen molar-refractivity contribution >= 4 is 11.0 Å². The third kappa shape index (κ3) is 9.69. The Morgan fingerprint density at radius 1 is 0.444 bits per heavy atom. The van der Waals surface area contributed by atoms with E-state index in [0.717, 1.165) is 27.8 Å². The first-order valence-corrected chi connectivity index (χ1v) is 24.1. The van der Waals surface area contributed by atoms with Gasteiger partial charge in [0.25, 0.3) is 0 Å². The molecule has 4 nitrogen and oxygen atoms in total. The number of hydrogen-bond donors (Lipinski definition) is 1. The first kappa shape index (κ1) is 30.8. The van der Waals surface area contributed by atoms with Gasteiger partial charge in [-0.15, -0.1) is 0 Å². The number of phenols is 1. The fourth-order valence-corrected chi connectivity index (χ4v) is 9.36. The second-order valence-corrected chi connectivity index (χ2v) is 21.8. The molecule has 0 aliphatic carbocycles. The summed E-state index contributed by atoms with van der Waals surface area (Å²) in [5, 5.41) is 13.5. The summed E-state index contributed by atoms with van der Waals surface area (Å²) in [5.74, 6) is -2.37. The number of imidazole rings is 1. The minimum absolute atomic E-state index is 0.0533. The van der Waals surface area contributed by atoms with Crippen LogP contribution in [0.4, 0.5) is 0 Å². The first-order chi connectivity index (χ1) is 42.1. The molecule has 0 saturated heterocycles. The Morgan fingerprint density at radius 3 is 1.61 bits per heavy atom. The van der Waals surface area contributed by atoms with Crippen molar-refractivity contribution in [3.8, 4) is 78.6 Å². The highest BCUT2D eigenvalue weighted by Crippen LogP contribution is 2.48. The van der Waals surface area contributed by atoms with Crippen LogP contribution in [0.5, 0.6) is 5.75 Å². The van der Waals surface area contributed by atoms with E-state index in [-0.39, 0.29) is 22.1 Å². The van der Waals surface area contributed by atoms with E-state index in [1.54, 1.807) is 60.8 Å². The average molecular weight is 968 g/mol. The molecule has 0 atom stereocenters. The summed E-state index contributed by atoms with van der Waals surface area (Å²) in [7, 11) is 0. The van der Waals surface area contributed by atoms with Crippen molar-refractivity contribution in [3.63, 3.8) is 0 Å². The molecule has 9 aromatic rings. The zero-order valence-corrected chi connectivity index (χ0v) is 42.2. The molecule has 0 bridgehead atoms. The SMILES string of the molecule is [2H]c1c(-c2nc3c(-c4cc(-c5cc(-c6ccccc6C(C)(C)C)ccn5)cc(C(C)(C)C)c4)cccc3n2-c2c(-c3ccccc3)cc(C(C)(C)C)cc2-c2ccccc2)c(O)c(C(C([2H])([2H])[2H])(C([2H])([2H])[2H])C([2H])([2H])[2H])c([2H])c1C(C([2H])([2H])[2H])(C([2H])([2H])[2H])C([2H])([2H])[2H]. The van der Waals surface area contributed by atoms with Gasteiger partial charge in [0.2, 0.25) is 0 Å². The Balaban J connectivity index is 1.59. The van der Waals surface area contributed by atoms with Gasteiger partial charge in [0.05, 0.1) is 30.7 Å². The Kier molecular flexibility index (Phi) is 7.78. The van der Waals surface area contributed by atoms with E-state index in [0.29, 0.717) is 44.6 Å². The van der Waals surface area contributed by atoms with Gasteiger partial charge in [-0.1, -0.05) is 213 Å². The topological polar surface area (TPSA) is 50.9 Å². The average Bonchev–Trinajstić information content (AvgIpc) is 0.811. The number of aromatic hydroxyl groups is 1. The lowest BCUT2D eigenvalue weighted by Crippen LogP contribution is -2.17. The van der Waals surface area contributed by atoms with Crippen LogP contribution in [0.25, 0.3) is 83.9 Å². The lowest BCUT2D eigenvalue weighted by molar-refractivity contribution is 0.446. The van der Waals surface area contributed by atoms with Crippen LogP contribution in [0, 0.1) is 0 Å². The van der Waals surface area contributed by atoms with Crippen molar-refractivity contribution in [2.45, 2.75) is 130 Å². The number of nitrogens with zero attached hydrogens (tertiary/aromatic N) is 3. The largest absolute Gasteiger partial charge is 0.507 e. The van der Waals surface area contributed by atoms with Gasteiger partial charge in [-0.3, -0.25) is 9.55 Å². The number of pyridine rings is 1. The molecular weight excluding hydrogens is 875 g/mol. The normalized spacial score (nSPS) is 17.8. The van der Waals surface area contributed by atoms with E-state index in [4.69, 9.17) is 34.6 Å². The molecule has 0 aliphatic heterocycles. The molecule has 0 aliphatic rings. The van der Waals surface area contributed by atoms with Crippen LogP contribution in [-0.2, 0) is 27.1 Å².